The number of halogens is 2. The Morgan fingerprint density at radius 1 is 1.19 bits per heavy atom. The van der Waals surface area contributed by atoms with Gasteiger partial charge in [-0.15, -0.1) is 0 Å². The molecule has 1 aliphatic rings. The molecule has 0 saturated heterocycles. The van der Waals surface area contributed by atoms with Crippen molar-refractivity contribution in [2.75, 3.05) is 0 Å². The van der Waals surface area contributed by atoms with Crippen LogP contribution >= 0.6 is 15.9 Å². The quantitative estimate of drug-likeness (QED) is 0.733. The molecule has 21 heavy (non-hydrogen) atoms. The summed E-state index contributed by atoms with van der Waals surface area (Å²) in [4.78, 5) is 4.61. The first kappa shape index (κ1) is 12.8. The van der Waals surface area contributed by atoms with Crippen LogP contribution in [0.2, 0.25) is 0 Å². The minimum Gasteiger partial charge on any atom is -0.507 e. The molecule has 3 nitrogen and oxygen atoms in total. The summed E-state index contributed by atoms with van der Waals surface area (Å²) < 4.78 is 16.6. The highest BCUT2D eigenvalue weighted by Gasteiger charge is 2.29. The van der Waals surface area contributed by atoms with Crippen LogP contribution in [0.5, 0.6) is 5.75 Å². The average molecular weight is 347 g/mol. The number of aromatic nitrogens is 2. The molecule has 0 radical (unpaired) electrons. The normalized spacial score (nSPS) is 14.8. The number of imidazole rings is 1. The Hall–Kier alpha value is -1.88. The zero-order valence-corrected chi connectivity index (χ0v) is 12.6. The summed E-state index contributed by atoms with van der Waals surface area (Å²) in [6.45, 7) is 0. The van der Waals surface area contributed by atoms with Crippen molar-refractivity contribution in [2.45, 2.75) is 18.9 Å². The Bertz CT molecular complexity index is 855. The number of benzene rings is 2. The highest BCUT2D eigenvalue weighted by Crippen LogP contribution is 2.43. The fourth-order valence-electron chi connectivity index (χ4n) is 2.65. The first-order chi connectivity index (χ1) is 10.1. The molecule has 1 N–H and O–H groups in total. The molecule has 106 valence electrons. The van der Waals surface area contributed by atoms with Gasteiger partial charge in [0.25, 0.3) is 0 Å². The van der Waals surface area contributed by atoms with Crippen molar-refractivity contribution in [1.29, 1.82) is 0 Å². The highest BCUT2D eigenvalue weighted by molar-refractivity contribution is 9.10. The van der Waals surface area contributed by atoms with Gasteiger partial charge in [0.1, 0.15) is 17.4 Å². The molecule has 0 aliphatic heterocycles. The van der Waals surface area contributed by atoms with Gasteiger partial charge in [0.2, 0.25) is 0 Å². The van der Waals surface area contributed by atoms with E-state index in [4.69, 9.17) is 0 Å². The summed E-state index contributed by atoms with van der Waals surface area (Å²) in [6, 6.07) is 10.3. The topological polar surface area (TPSA) is 38.1 Å². The monoisotopic (exact) mass is 346 g/mol. The number of hydrogen-bond donors (Lipinski definition) is 1. The summed E-state index contributed by atoms with van der Waals surface area (Å²) in [5, 5.41) is 10.1. The Labute approximate surface area is 129 Å². The lowest BCUT2D eigenvalue weighted by Crippen LogP contribution is -1.98. The van der Waals surface area contributed by atoms with Gasteiger partial charge < -0.3 is 9.67 Å². The van der Waals surface area contributed by atoms with Crippen LogP contribution in [0.15, 0.2) is 40.9 Å². The lowest BCUT2D eigenvalue weighted by molar-refractivity contribution is 0.474. The maximum atomic E-state index is 13.5. The summed E-state index contributed by atoms with van der Waals surface area (Å²) in [7, 11) is 0. The number of nitrogens with zero attached hydrogens (tertiary/aromatic N) is 2. The molecule has 1 heterocycles. The van der Waals surface area contributed by atoms with E-state index in [1.807, 2.05) is 18.2 Å². The van der Waals surface area contributed by atoms with E-state index in [9.17, 15) is 9.50 Å². The Kier molecular flexibility index (Phi) is 2.79. The van der Waals surface area contributed by atoms with E-state index < -0.39 is 0 Å². The van der Waals surface area contributed by atoms with E-state index in [1.54, 1.807) is 0 Å². The van der Waals surface area contributed by atoms with Gasteiger partial charge in [0, 0.05) is 10.5 Å². The Morgan fingerprint density at radius 3 is 2.76 bits per heavy atom. The summed E-state index contributed by atoms with van der Waals surface area (Å²) in [5.74, 6) is 0.300. The lowest BCUT2D eigenvalue weighted by atomic mass is 10.2. The van der Waals surface area contributed by atoms with Gasteiger partial charge in [-0.3, -0.25) is 0 Å². The summed E-state index contributed by atoms with van der Waals surface area (Å²) in [6.07, 6.45) is 2.18. The molecule has 1 fully saturated rings. The number of fused-ring (bicyclic) bond motifs is 1. The molecule has 1 saturated carbocycles. The van der Waals surface area contributed by atoms with Crippen LogP contribution in [0.25, 0.3) is 22.4 Å². The predicted molar refractivity (Wildman–Crippen MR) is 82.8 cm³/mol. The van der Waals surface area contributed by atoms with E-state index in [0.29, 0.717) is 17.4 Å². The van der Waals surface area contributed by atoms with E-state index in [0.717, 1.165) is 28.3 Å². The fraction of sp³-hybridized carbons (Fsp3) is 0.188. The third kappa shape index (κ3) is 2.12. The first-order valence-electron chi connectivity index (χ1n) is 6.80. The molecule has 0 amide bonds. The van der Waals surface area contributed by atoms with Crippen molar-refractivity contribution in [1.82, 2.24) is 9.55 Å². The van der Waals surface area contributed by atoms with Crippen molar-refractivity contribution in [2.24, 2.45) is 0 Å². The smallest absolute Gasteiger partial charge is 0.145 e. The molecular formula is C16H12BrFN2O. The number of rotatable bonds is 2. The van der Waals surface area contributed by atoms with Crippen LogP contribution in [0, 0.1) is 5.82 Å². The van der Waals surface area contributed by atoms with E-state index in [-0.39, 0.29) is 11.6 Å². The minimum absolute atomic E-state index is 0.0488. The largest absolute Gasteiger partial charge is 0.507 e. The molecule has 0 spiro atoms. The Balaban J connectivity index is 2.03. The van der Waals surface area contributed by atoms with Crippen LogP contribution in [0.4, 0.5) is 4.39 Å². The van der Waals surface area contributed by atoms with Gasteiger partial charge in [0.15, 0.2) is 0 Å². The van der Waals surface area contributed by atoms with Crippen molar-refractivity contribution in [3.8, 4) is 17.1 Å². The maximum absolute atomic E-state index is 13.5. The zero-order chi connectivity index (χ0) is 14.6. The minimum atomic E-state index is -0.376. The van der Waals surface area contributed by atoms with Gasteiger partial charge in [0.05, 0.1) is 16.6 Å². The second-order valence-corrected chi connectivity index (χ2v) is 6.25. The maximum Gasteiger partial charge on any atom is 0.145 e. The molecule has 0 atom stereocenters. The van der Waals surface area contributed by atoms with Gasteiger partial charge in [-0.1, -0.05) is 15.9 Å². The van der Waals surface area contributed by atoms with E-state index in [1.165, 1.54) is 18.2 Å². The predicted octanol–water partition coefficient (Wildman–Crippen LogP) is 4.65. The third-order valence-corrected chi connectivity index (χ3v) is 4.26. The number of aromatic hydroxyl groups is 1. The van der Waals surface area contributed by atoms with Crippen molar-refractivity contribution >= 4 is 27.0 Å². The van der Waals surface area contributed by atoms with Crippen molar-refractivity contribution < 1.29 is 9.50 Å². The Morgan fingerprint density at radius 2 is 2.00 bits per heavy atom. The molecular weight excluding hydrogens is 335 g/mol. The van der Waals surface area contributed by atoms with Crippen LogP contribution < -0.4 is 0 Å². The van der Waals surface area contributed by atoms with Crippen LogP contribution in [-0.4, -0.2) is 14.7 Å². The third-order valence-electron chi connectivity index (χ3n) is 3.76. The number of phenols is 1. The summed E-state index contributed by atoms with van der Waals surface area (Å²) in [5.41, 5.74) is 2.29. The summed E-state index contributed by atoms with van der Waals surface area (Å²) >= 11 is 3.44. The van der Waals surface area contributed by atoms with Crippen molar-refractivity contribution in [3.05, 3.63) is 46.7 Å². The van der Waals surface area contributed by atoms with Crippen LogP contribution in [-0.2, 0) is 0 Å². The number of phenolic OH excluding ortho intramolecular Hbond substituents is 1. The molecule has 4 rings (SSSR count). The standard InChI is InChI=1S/C16H12BrFN2O/c17-9-1-5-14-13(7-9)19-16(20(14)11-3-4-11)12-8-10(18)2-6-15(12)21/h1-2,5-8,11,21H,3-4H2. The van der Waals surface area contributed by atoms with Crippen LogP contribution in [0.3, 0.4) is 0 Å². The van der Waals surface area contributed by atoms with Gasteiger partial charge in [-0.05, 0) is 49.2 Å². The van der Waals surface area contributed by atoms with E-state index >= 15 is 0 Å². The molecule has 5 heteroatoms. The zero-order valence-electron chi connectivity index (χ0n) is 11.1. The van der Waals surface area contributed by atoms with E-state index in [2.05, 4.69) is 25.5 Å². The lowest BCUT2D eigenvalue weighted by Gasteiger charge is -2.09. The average Bonchev–Trinajstić information content (AvgIpc) is 3.22. The molecule has 1 aliphatic carbocycles. The molecule has 2 aromatic carbocycles. The first-order valence-corrected chi connectivity index (χ1v) is 7.59. The second kappa shape index (κ2) is 4.56. The van der Waals surface area contributed by atoms with Gasteiger partial charge in [-0.2, -0.15) is 0 Å². The van der Waals surface area contributed by atoms with Crippen molar-refractivity contribution in [3.63, 3.8) is 0 Å². The number of hydrogen-bond acceptors (Lipinski definition) is 2. The highest BCUT2D eigenvalue weighted by atomic mass is 79.9. The van der Waals surface area contributed by atoms with Gasteiger partial charge >= 0.3 is 0 Å². The molecule has 0 unspecified atom stereocenters. The molecule has 0 bridgehead atoms. The SMILES string of the molecule is Oc1ccc(F)cc1-c1nc2cc(Br)ccc2n1C1CC1. The molecule has 3 aromatic rings. The molecule has 1 aromatic heterocycles. The van der Waals surface area contributed by atoms with Crippen LogP contribution in [0.1, 0.15) is 18.9 Å². The fourth-order valence-corrected chi connectivity index (χ4v) is 3.00. The second-order valence-electron chi connectivity index (χ2n) is 5.33. The van der Waals surface area contributed by atoms with Gasteiger partial charge in [-0.25, -0.2) is 9.37 Å².